The largest absolute Gasteiger partial charge is 0.506 e. The number of piperazine rings is 1. The lowest BCUT2D eigenvalue weighted by Gasteiger charge is -2.42. The molecule has 0 radical (unpaired) electrons. The highest BCUT2D eigenvalue weighted by molar-refractivity contribution is 6.32. The van der Waals surface area contributed by atoms with Crippen molar-refractivity contribution in [1.82, 2.24) is 39.9 Å². The van der Waals surface area contributed by atoms with E-state index in [1.54, 1.807) is 20.6 Å². The SMILES string of the molecule is O=C(N[C@H](Cc1cc(Cl)c(O)c(C(F)(F)F)c1)C(=O)N1CCN(C2CCNCC2)CC1)N1CCC(n2c(=O)[nH]c3c4ccccc4ncc32)CC1. The first-order valence-corrected chi connectivity index (χ1v) is 17.7. The van der Waals surface area contributed by atoms with Gasteiger partial charge in [-0.15, -0.1) is 0 Å². The number of phenolic OH excluding ortho intramolecular Hbond substituents is 1. The number of fused-ring (bicyclic) bond motifs is 3. The van der Waals surface area contributed by atoms with E-state index in [-0.39, 0.29) is 36.8 Å². The molecule has 3 amide bonds. The standard InChI is InChI=1S/C35H40ClF3N8O4/c36-26-18-21(17-25(31(26)48)35(37,38)39)19-28(32(49)45-15-13-44(14-16-45)22-5-9-40-10-6-22)42-33(50)46-11-7-23(8-12-46)47-29-20-41-27-4-2-1-3-24(27)30(29)43-34(47)51/h1-4,17-18,20,22-23,28,40,48H,5-16,19H2,(H,42,50)(H,43,51)/t28-/m1/s1. The molecule has 4 N–H and O–H groups in total. The fourth-order valence-electron chi connectivity index (χ4n) is 7.78. The van der Waals surface area contributed by atoms with E-state index in [9.17, 15) is 32.7 Å². The molecule has 4 aromatic rings. The Balaban J connectivity index is 1.07. The van der Waals surface area contributed by atoms with Crippen molar-refractivity contribution < 1.29 is 27.9 Å². The second-order valence-corrected chi connectivity index (χ2v) is 14.0. The maximum atomic E-state index is 14.0. The summed E-state index contributed by atoms with van der Waals surface area (Å²) in [6, 6.07) is 8.02. The predicted molar refractivity (Wildman–Crippen MR) is 186 cm³/mol. The average molecular weight is 729 g/mol. The summed E-state index contributed by atoms with van der Waals surface area (Å²) < 4.78 is 42.9. The number of nitrogens with zero attached hydrogens (tertiary/aromatic N) is 5. The van der Waals surface area contributed by atoms with Crippen molar-refractivity contribution in [2.75, 3.05) is 52.4 Å². The van der Waals surface area contributed by atoms with E-state index in [4.69, 9.17) is 11.6 Å². The smallest absolute Gasteiger partial charge is 0.420 e. The molecular weight excluding hydrogens is 689 g/mol. The fraction of sp³-hybridized carbons (Fsp3) is 0.486. The summed E-state index contributed by atoms with van der Waals surface area (Å²) in [5.41, 5.74) is 0.626. The van der Waals surface area contributed by atoms with Crippen LogP contribution >= 0.6 is 11.6 Å². The highest BCUT2D eigenvalue weighted by atomic mass is 35.5. The minimum Gasteiger partial charge on any atom is -0.506 e. The monoisotopic (exact) mass is 728 g/mol. The van der Waals surface area contributed by atoms with Gasteiger partial charge in [0.1, 0.15) is 11.8 Å². The number of para-hydroxylation sites is 1. The van der Waals surface area contributed by atoms with Gasteiger partial charge in [-0.2, -0.15) is 13.2 Å². The second kappa shape index (κ2) is 14.4. The van der Waals surface area contributed by atoms with E-state index in [0.717, 1.165) is 42.9 Å². The van der Waals surface area contributed by atoms with E-state index in [0.29, 0.717) is 56.1 Å². The zero-order valence-electron chi connectivity index (χ0n) is 27.9. The van der Waals surface area contributed by atoms with Gasteiger partial charge in [-0.25, -0.2) is 9.59 Å². The first kappa shape index (κ1) is 35.1. The number of alkyl halides is 3. The highest BCUT2D eigenvalue weighted by Gasteiger charge is 2.37. The third-order valence-corrected chi connectivity index (χ3v) is 10.8. The molecule has 16 heteroatoms. The van der Waals surface area contributed by atoms with Gasteiger partial charge in [0.25, 0.3) is 0 Å². The Morgan fingerprint density at radius 2 is 1.69 bits per heavy atom. The van der Waals surface area contributed by atoms with Crippen molar-refractivity contribution in [1.29, 1.82) is 0 Å². The number of amides is 3. The molecule has 1 atom stereocenters. The third-order valence-electron chi connectivity index (χ3n) is 10.5. The van der Waals surface area contributed by atoms with Crippen molar-refractivity contribution >= 4 is 45.5 Å². The number of aromatic hydroxyl groups is 1. The van der Waals surface area contributed by atoms with E-state index in [1.165, 1.54) is 6.07 Å². The van der Waals surface area contributed by atoms with Crippen LogP contribution in [0.3, 0.4) is 0 Å². The second-order valence-electron chi connectivity index (χ2n) is 13.6. The normalized spacial score (nSPS) is 19.1. The summed E-state index contributed by atoms with van der Waals surface area (Å²) in [7, 11) is 0. The Bertz CT molecular complexity index is 1980. The number of aromatic nitrogens is 3. The number of benzene rings is 2. The summed E-state index contributed by atoms with van der Waals surface area (Å²) in [6.45, 7) is 4.63. The van der Waals surface area contributed by atoms with Crippen molar-refractivity contribution in [3.8, 4) is 5.75 Å². The average Bonchev–Trinajstić information content (AvgIpc) is 3.48. The van der Waals surface area contributed by atoms with Gasteiger partial charge >= 0.3 is 17.9 Å². The van der Waals surface area contributed by atoms with Gasteiger partial charge in [0.2, 0.25) is 5.91 Å². The lowest BCUT2D eigenvalue weighted by Crippen LogP contribution is -2.59. The topological polar surface area (TPSA) is 139 Å². The van der Waals surface area contributed by atoms with Gasteiger partial charge in [0.15, 0.2) is 0 Å². The van der Waals surface area contributed by atoms with E-state index < -0.39 is 40.5 Å². The number of carbonyl (C=O) groups excluding carboxylic acids is 2. The summed E-state index contributed by atoms with van der Waals surface area (Å²) in [6.07, 6.45) is -0.483. The van der Waals surface area contributed by atoms with Crippen molar-refractivity contribution in [2.45, 2.75) is 56.4 Å². The van der Waals surface area contributed by atoms with Crippen LogP contribution in [0.15, 0.2) is 47.4 Å². The lowest BCUT2D eigenvalue weighted by molar-refractivity contribution is -0.138. The zero-order valence-corrected chi connectivity index (χ0v) is 28.6. The van der Waals surface area contributed by atoms with Gasteiger partial charge < -0.3 is 30.5 Å². The molecule has 3 saturated heterocycles. The van der Waals surface area contributed by atoms with Gasteiger partial charge in [-0.05, 0) is 62.5 Å². The Morgan fingerprint density at radius 1 is 0.980 bits per heavy atom. The molecule has 2 aromatic carbocycles. The molecule has 0 saturated carbocycles. The number of aromatic amines is 1. The lowest BCUT2D eigenvalue weighted by atomic mass is 10.0. The fourth-order valence-corrected chi connectivity index (χ4v) is 8.02. The summed E-state index contributed by atoms with van der Waals surface area (Å²) in [5.74, 6) is -1.49. The van der Waals surface area contributed by atoms with Crippen LogP contribution in [0.25, 0.3) is 21.9 Å². The number of phenols is 1. The molecule has 0 spiro atoms. The van der Waals surface area contributed by atoms with Crippen LogP contribution in [-0.4, -0.2) is 111 Å². The highest BCUT2D eigenvalue weighted by Crippen LogP contribution is 2.40. The molecule has 0 unspecified atom stereocenters. The number of halogens is 4. The van der Waals surface area contributed by atoms with Crippen LogP contribution in [0, 0.1) is 0 Å². The van der Waals surface area contributed by atoms with E-state index in [1.807, 2.05) is 24.3 Å². The number of hydrogen-bond donors (Lipinski definition) is 4. The first-order valence-electron chi connectivity index (χ1n) is 17.3. The minimum absolute atomic E-state index is 0.0515. The van der Waals surface area contributed by atoms with Gasteiger partial charge in [0.05, 0.1) is 33.3 Å². The van der Waals surface area contributed by atoms with Crippen molar-refractivity contribution in [3.05, 3.63) is 69.2 Å². The molecule has 3 fully saturated rings. The maximum absolute atomic E-state index is 14.0. The number of imidazole rings is 1. The number of carbonyl (C=O) groups is 2. The Kier molecular flexibility index (Phi) is 9.87. The number of urea groups is 1. The zero-order chi connectivity index (χ0) is 35.9. The molecule has 12 nitrogen and oxygen atoms in total. The Labute approximate surface area is 296 Å². The summed E-state index contributed by atoms with van der Waals surface area (Å²) in [5, 5.41) is 16.5. The summed E-state index contributed by atoms with van der Waals surface area (Å²) >= 11 is 6.00. The number of nitrogens with one attached hydrogen (secondary N) is 3. The number of pyridine rings is 1. The minimum atomic E-state index is -4.88. The number of hydrogen-bond acceptors (Lipinski definition) is 7. The Hall–Kier alpha value is -4.34. The molecule has 51 heavy (non-hydrogen) atoms. The van der Waals surface area contributed by atoms with Crippen LogP contribution in [0.1, 0.15) is 42.9 Å². The van der Waals surface area contributed by atoms with E-state index in [2.05, 4.69) is 25.5 Å². The van der Waals surface area contributed by atoms with Crippen LogP contribution in [0.5, 0.6) is 5.75 Å². The molecule has 272 valence electrons. The molecule has 3 aliphatic heterocycles. The van der Waals surface area contributed by atoms with Crippen LogP contribution in [-0.2, 0) is 17.4 Å². The van der Waals surface area contributed by atoms with Crippen LogP contribution < -0.4 is 16.3 Å². The predicted octanol–water partition coefficient (Wildman–Crippen LogP) is 4.11. The molecule has 0 aliphatic carbocycles. The molecule has 7 rings (SSSR count). The molecule has 0 bridgehead atoms. The van der Waals surface area contributed by atoms with Crippen molar-refractivity contribution in [2.24, 2.45) is 0 Å². The van der Waals surface area contributed by atoms with Gasteiger partial charge in [0, 0.05) is 63.2 Å². The third kappa shape index (κ3) is 7.24. The Morgan fingerprint density at radius 3 is 2.39 bits per heavy atom. The number of rotatable bonds is 6. The van der Waals surface area contributed by atoms with E-state index >= 15 is 0 Å². The first-order chi connectivity index (χ1) is 24.5. The number of likely N-dealkylation sites (tertiary alicyclic amines) is 1. The maximum Gasteiger partial charge on any atom is 0.420 e. The van der Waals surface area contributed by atoms with Crippen molar-refractivity contribution in [3.63, 3.8) is 0 Å². The van der Waals surface area contributed by atoms with Gasteiger partial charge in [-0.3, -0.25) is 19.2 Å². The number of piperidine rings is 2. The quantitative estimate of drug-likeness (QED) is 0.235. The molecule has 2 aromatic heterocycles. The molecule has 5 heterocycles. The summed E-state index contributed by atoms with van der Waals surface area (Å²) in [4.78, 5) is 53.9. The molecule has 3 aliphatic rings. The number of H-pyrrole nitrogens is 1. The van der Waals surface area contributed by atoms with Crippen LogP contribution in [0.2, 0.25) is 5.02 Å². The molecular formula is C35H40ClF3N8O4. The van der Waals surface area contributed by atoms with Crippen LogP contribution in [0.4, 0.5) is 18.0 Å². The van der Waals surface area contributed by atoms with Gasteiger partial charge in [-0.1, -0.05) is 29.8 Å².